The first-order valence-corrected chi connectivity index (χ1v) is 8.85. The van der Waals surface area contributed by atoms with E-state index in [-0.39, 0.29) is 25.4 Å². The molecule has 152 valence electrons. The number of primary amides is 1. The van der Waals surface area contributed by atoms with E-state index in [1.807, 2.05) is 0 Å². The predicted octanol–water partition coefficient (Wildman–Crippen LogP) is -0.963. The molecular weight excluding hydrogens is 364 g/mol. The average Bonchev–Trinajstić information content (AvgIpc) is 3.24. The molecule has 4 N–H and O–H groups in total. The van der Waals surface area contributed by atoms with Crippen molar-refractivity contribution in [3.63, 3.8) is 0 Å². The SMILES string of the molecule is C=CCNC(=O)N[C@H]1C[C@@H](C(=O)N(C)CC(N)=O)N(C(=O)c2cccn2C)C1. The van der Waals surface area contributed by atoms with E-state index in [1.165, 1.54) is 16.8 Å². The number of carbonyl (C=O) groups is 4. The minimum atomic E-state index is -0.809. The summed E-state index contributed by atoms with van der Waals surface area (Å²) >= 11 is 0. The van der Waals surface area contributed by atoms with Crippen LogP contribution in [0.25, 0.3) is 0 Å². The molecule has 1 aromatic rings. The number of likely N-dealkylation sites (N-methyl/N-ethyl adjacent to an activating group) is 1. The third-order valence-corrected chi connectivity index (χ3v) is 4.52. The van der Waals surface area contributed by atoms with Gasteiger partial charge >= 0.3 is 6.03 Å². The smallest absolute Gasteiger partial charge is 0.315 e. The summed E-state index contributed by atoms with van der Waals surface area (Å²) < 4.78 is 1.66. The molecule has 10 heteroatoms. The Hall–Kier alpha value is -3.30. The summed E-state index contributed by atoms with van der Waals surface area (Å²) in [5, 5.41) is 5.36. The van der Waals surface area contributed by atoms with Gasteiger partial charge in [-0.1, -0.05) is 6.08 Å². The minimum absolute atomic E-state index is 0.173. The number of carbonyl (C=O) groups excluding carboxylic acids is 4. The first-order chi connectivity index (χ1) is 13.2. The van der Waals surface area contributed by atoms with Gasteiger partial charge in [-0.15, -0.1) is 6.58 Å². The van der Waals surface area contributed by atoms with E-state index in [0.717, 1.165) is 0 Å². The van der Waals surface area contributed by atoms with E-state index in [4.69, 9.17) is 5.73 Å². The number of hydrogen-bond acceptors (Lipinski definition) is 4. The molecule has 0 spiro atoms. The van der Waals surface area contributed by atoms with Gasteiger partial charge in [0.25, 0.3) is 5.91 Å². The van der Waals surface area contributed by atoms with E-state index >= 15 is 0 Å². The Morgan fingerprint density at radius 3 is 2.68 bits per heavy atom. The first-order valence-electron chi connectivity index (χ1n) is 8.85. The van der Waals surface area contributed by atoms with E-state index < -0.39 is 29.9 Å². The molecule has 5 amide bonds. The number of urea groups is 1. The molecule has 0 bridgehead atoms. The van der Waals surface area contributed by atoms with Gasteiger partial charge in [0.15, 0.2) is 0 Å². The zero-order valence-corrected chi connectivity index (χ0v) is 16.1. The summed E-state index contributed by atoms with van der Waals surface area (Å²) in [4.78, 5) is 51.5. The minimum Gasteiger partial charge on any atom is -0.368 e. The first kappa shape index (κ1) is 21.0. The maximum absolute atomic E-state index is 13.0. The molecule has 28 heavy (non-hydrogen) atoms. The van der Waals surface area contributed by atoms with Crippen molar-refractivity contribution in [3.8, 4) is 0 Å². The van der Waals surface area contributed by atoms with Crippen LogP contribution in [0.1, 0.15) is 16.9 Å². The van der Waals surface area contributed by atoms with Gasteiger partial charge in [-0.3, -0.25) is 14.4 Å². The molecule has 1 fully saturated rings. The van der Waals surface area contributed by atoms with Crippen LogP contribution in [0.4, 0.5) is 4.79 Å². The average molecular weight is 390 g/mol. The Morgan fingerprint density at radius 1 is 1.39 bits per heavy atom. The summed E-state index contributed by atoms with van der Waals surface area (Å²) in [6.07, 6.45) is 3.52. The van der Waals surface area contributed by atoms with Crippen LogP contribution in [-0.2, 0) is 16.6 Å². The van der Waals surface area contributed by atoms with Gasteiger partial charge in [0, 0.05) is 33.4 Å². The van der Waals surface area contributed by atoms with Crippen LogP contribution >= 0.6 is 0 Å². The maximum atomic E-state index is 13.0. The monoisotopic (exact) mass is 390 g/mol. The fraction of sp³-hybridized carbons (Fsp3) is 0.444. The molecule has 2 atom stereocenters. The highest BCUT2D eigenvalue weighted by molar-refractivity contribution is 5.97. The molecule has 10 nitrogen and oxygen atoms in total. The lowest BCUT2D eigenvalue weighted by Crippen LogP contribution is -2.48. The van der Waals surface area contributed by atoms with Gasteiger partial charge in [-0.05, 0) is 18.6 Å². The normalized spacial score (nSPS) is 18.4. The number of likely N-dealkylation sites (tertiary alicyclic amines) is 1. The Labute approximate surface area is 163 Å². The third kappa shape index (κ3) is 4.90. The quantitative estimate of drug-likeness (QED) is 0.518. The van der Waals surface area contributed by atoms with Crippen molar-refractivity contribution in [2.45, 2.75) is 18.5 Å². The Morgan fingerprint density at radius 2 is 2.11 bits per heavy atom. The van der Waals surface area contributed by atoms with Gasteiger partial charge in [-0.25, -0.2) is 4.79 Å². The zero-order valence-electron chi connectivity index (χ0n) is 16.1. The lowest BCUT2D eigenvalue weighted by atomic mass is 10.1. The Balaban J connectivity index is 2.19. The Kier molecular flexibility index (Phi) is 6.80. The summed E-state index contributed by atoms with van der Waals surface area (Å²) in [6, 6.07) is 1.77. The Bertz CT molecular complexity index is 774. The molecule has 0 aliphatic carbocycles. The number of rotatable bonds is 7. The van der Waals surface area contributed by atoms with Crippen molar-refractivity contribution < 1.29 is 19.2 Å². The van der Waals surface area contributed by atoms with Crippen LogP contribution in [-0.4, -0.2) is 76.9 Å². The van der Waals surface area contributed by atoms with Gasteiger partial charge < -0.3 is 30.7 Å². The summed E-state index contributed by atoms with van der Waals surface area (Å²) in [7, 11) is 3.19. The summed E-state index contributed by atoms with van der Waals surface area (Å²) in [5.74, 6) is -1.38. The molecule has 0 saturated carbocycles. The van der Waals surface area contributed by atoms with Crippen LogP contribution in [0.3, 0.4) is 0 Å². The fourth-order valence-electron chi connectivity index (χ4n) is 3.20. The van der Waals surface area contributed by atoms with Crippen LogP contribution in [0.5, 0.6) is 0 Å². The van der Waals surface area contributed by atoms with Crippen LogP contribution < -0.4 is 16.4 Å². The van der Waals surface area contributed by atoms with Crippen molar-refractivity contribution in [1.82, 2.24) is 25.0 Å². The summed E-state index contributed by atoms with van der Waals surface area (Å²) in [6.45, 7) is 3.75. The molecule has 1 aliphatic rings. The largest absolute Gasteiger partial charge is 0.368 e. The molecule has 1 aromatic heterocycles. The fourth-order valence-corrected chi connectivity index (χ4v) is 3.20. The third-order valence-electron chi connectivity index (χ3n) is 4.52. The number of nitrogens with zero attached hydrogens (tertiary/aromatic N) is 3. The van der Waals surface area contributed by atoms with Gasteiger partial charge in [0.2, 0.25) is 11.8 Å². The molecule has 0 radical (unpaired) electrons. The zero-order chi connectivity index (χ0) is 20.8. The highest BCUT2D eigenvalue weighted by Gasteiger charge is 2.42. The molecular formula is C18H26N6O4. The number of nitrogens with one attached hydrogen (secondary N) is 2. The lowest BCUT2D eigenvalue weighted by Gasteiger charge is -2.27. The van der Waals surface area contributed by atoms with Gasteiger partial charge in [0.05, 0.1) is 12.6 Å². The number of aromatic nitrogens is 1. The van der Waals surface area contributed by atoms with E-state index in [2.05, 4.69) is 17.2 Å². The van der Waals surface area contributed by atoms with Gasteiger partial charge in [0.1, 0.15) is 11.7 Å². The van der Waals surface area contributed by atoms with Gasteiger partial charge in [-0.2, -0.15) is 0 Å². The van der Waals surface area contributed by atoms with Crippen molar-refractivity contribution in [2.75, 3.05) is 26.7 Å². The van der Waals surface area contributed by atoms with Crippen LogP contribution in [0, 0.1) is 0 Å². The van der Waals surface area contributed by atoms with Crippen molar-refractivity contribution in [1.29, 1.82) is 0 Å². The highest BCUT2D eigenvalue weighted by atomic mass is 16.2. The molecule has 1 aliphatic heterocycles. The summed E-state index contributed by atoms with van der Waals surface area (Å²) in [5.41, 5.74) is 5.59. The van der Waals surface area contributed by atoms with Crippen molar-refractivity contribution in [2.24, 2.45) is 12.8 Å². The number of aryl methyl sites for hydroxylation is 1. The molecule has 0 unspecified atom stereocenters. The topological polar surface area (TPSA) is 130 Å². The molecule has 0 aromatic carbocycles. The van der Waals surface area contributed by atoms with E-state index in [0.29, 0.717) is 12.2 Å². The molecule has 2 heterocycles. The van der Waals surface area contributed by atoms with Crippen molar-refractivity contribution >= 4 is 23.8 Å². The molecule has 2 rings (SSSR count). The standard InChI is InChI=1S/C18H26N6O4/c1-4-7-20-18(28)21-12-9-14(16(26)23(3)11-15(19)25)24(10-12)17(27)13-6-5-8-22(13)2/h4-6,8,12,14H,1,7,9-11H2,2-3H3,(H2,19,25)(H2,20,21,28)/t12-,14-/m0/s1. The second-order valence-electron chi connectivity index (χ2n) is 6.71. The van der Waals surface area contributed by atoms with Crippen LogP contribution in [0.15, 0.2) is 31.0 Å². The molecule has 1 saturated heterocycles. The van der Waals surface area contributed by atoms with E-state index in [9.17, 15) is 19.2 Å². The number of nitrogens with two attached hydrogens (primary N) is 1. The second kappa shape index (κ2) is 9.07. The van der Waals surface area contributed by atoms with E-state index in [1.54, 1.807) is 36.0 Å². The van der Waals surface area contributed by atoms with Crippen molar-refractivity contribution in [3.05, 3.63) is 36.7 Å². The number of hydrogen-bond donors (Lipinski definition) is 3. The number of amides is 5. The second-order valence-corrected chi connectivity index (χ2v) is 6.71. The van der Waals surface area contributed by atoms with Crippen LogP contribution in [0.2, 0.25) is 0 Å². The highest BCUT2D eigenvalue weighted by Crippen LogP contribution is 2.22. The maximum Gasteiger partial charge on any atom is 0.315 e. The predicted molar refractivity (Wildman–Crippen MR) is 102 cm³/mol. The lowest BCUT2D eigenvalue weighted by molar-refractivity contribution is -0.137.